The number of rotatable bonds is 8. The van der Waals surface area contributed by atoms with Crippen molar-refractivity contribution in [3.05, 3.63) is 59.7 Å². The molecule has 5 heteroatoms. The fraction of sp³-hybridized carbons (Fsp3) is 0.333. The Labute approximate surface area is 153 Å². The quantitative estimate of drug-likeness (QED) is 0.637. The van der Waals surface area contributed by atoms with E-state index in [1.165, 1.54) is 0 Å². The highest BCUT2D eigenvalue weighted by atomic mass is 16.4. The third kappa shape index (κ3) is 3.78. The van der Waals surface area contributed by atoms with Crippen LogP contribution in [0.1, 0.15) is 42.7 Å². The van der Waals surface area contributed by atoms with E-state index >= 15 is 0 Å². The molecule has 2 aromatic carbocycles. The van der Waals surface area contributed by atoms with Crippen molar-refractivity contribution in [1.82, 2.24) is 5.32 Å². The van der Waals surface area contributed by atoms with Gasteiger partial charge in [-0.25, -0.2) is 4.79 Å². The summed E-state index contributed by atoms with van der Waals surface area (Å²) in [5.41, 5.74) is 10.0. The molecule has 0 radical (unpaired) electrons. The molecule has 1 atom stereocenters. The highest BCUT2D eigenvalue weighted by Gasteiger charge is 2.30. The van der Waals surface area contributed by atoms with Gasteiger partial charge in [0.1, 0.15) is 6.04 Å². The lowest BCUT2D eigenvalue weighted by molar-refractivity contribution is -0.142. The number of carbonyl (C=O) groups excluding carboxylic acids is 1. The van der Waals surface area contributed by atoms with Gasteiger partial charge < -0.3 is 16.2 Å². The Balaban J connectivity index is 1.74. The van der Waals surface area contributed by atoms with E-state index in [1.54, 1.807) is 0 Å². The number of nitrogens with one attached hydrogen (secondary N) is 1. The van der Waals surface area contributed by atoms with Gasteiger partial charge in [0, 0.05) is 12.3 Å². The zero-order chi connectivity index (χ0) is 18.5. The summed E-state index contributed by atoms with van der Waals surface area (Å²) in [4.78, 5) is 24.0. The van der Waals surface area contributed by atoms with Crippen molar-refractivity contribution >= 4 is 11.9 Å². The smallest absolute Gasteiger partial charge is 0.326 e. The molecule has 0 bridgehead atoms. The zero-order valence-electron chi connectivity index (χ0n) is 14.7. The molecule has 0 aliphatic heterocycles. The number of carboxylic acid groups (broad SMARTS) is 1. The number of hydrogen-bond acceptors (Lipinski definition) is 3. The van der Waals surface area contributed by atoms with E-state index in [9.17, 15) is 14.7 Å². The molecule has 0 unspecified atom stereocenters. The van der Waals surface area contributed by atoms with Crippen LogP contribution >= 0.6 is 0 Å². The largest absolute Gasteiger partial charge is 0.480 e. The van der Waals surface area contributed by atoms with Crippen LogP contribution in [0.25, 0.3) is 11.1 Å². The Hall–Kier alpha value is -2.66. The molecular weight excluding hydrogens is 328 g/mol. The van der Waals surface area contributed by atoms with Gasteiger partial charge in [-0.1, -0.05) is 48.5 Å². The van der Waals surface area contributed by atoms with Crippen LogP contribution in [0.15, 0.2) is 48.5 Å². The Morgan fingerprint density at radius 1 is 1.00 bits per heavy atom. The number of carbonyl (C=O) groups is 2. The molecule has 0 spiro atoms. The predicted octanol–water partition coefficient (Wildman–Crippen LogP) is 2.89. The molecule has 136 valence electrons. The first-order valence-corrected chi connectivity index (χ1v) is 9.02. The van der Waals surface area contributed by atoms with E-state index in [0.29, 0.717) is 19.4 Å². The molecule has 0 heterocycles. The number of nitrogens with two attached hydrogens (primary N) is 1. The zero-order valence-corrected chi connectivity index (χ0v) is 14.7. The second kappa shape index (κ2) is 8.15. The van der Waals surface area contributed by atoms with E-state index in [0.717, 1.165) is 28.7 Å². The van der Waals surface area contributed by atoms with Gasteiger partial charge in [0.05, 0.1) is 0 Å². The average Bonchev–Trinajstić information content (AvgIpc) is 2.95. The third-order valence-corrected chi connectivity index (χ3v) is 4.93. The van der Waals surface area contributed by atoms with Crippen LogP contribution in [0.2, 0.25) is 0 Å². The van der Waals surface area contributed by atoms with Crippen LogP contribution in [-0.4, -0.2) is 29.6 Å². The average molecular weight is 352 g/mol. The topological polar surface area (TPSA) is 92.4 Å². The fourth-order valence-electron chi connectivity index (χ4n) is 3.67. The standard InChI is InChI=1S/C21H24N2O3/c22-12-6-5-11-19(21(25)26)23-20(24)13-18-16-9-3-1-7-14(16)15-8-2-4-10-17(15)18/h1-4,7-10,18-19H,5-6,11-13,22H2,(H,23,24)(H,25,26)/t19-/m0/s1. The number of carboxylic acids is 1. The summed E-state index contributed by atoms with van der Waals surface area (Å²) in [5.74, 6) is -1.27. The molecule has 5 nitrogen and oxygen atoms in total. The maximum absolute atomic E-state index is 12.6. The van der Waals surface area contributed by atoms with Crippen LogP contribution in [0, 0.1) is 0 Å². The summed E-state index contributed by atoms with van der Waals surface area (Å²) < 4.78 is 0. The lowest BCUT2D eigenvalue weighted by Gasteiger charge is -2.17. The molecule has 0 fully saturated rings. The number of unbranched alkanes of at least 4 members (excludes halogenated alkanes) is 1. The van der Waals surface area contributed by atoms with Gasteiger partial charge in [-0.05, 0) is 48.1 Å². The minimum absolute atomic E-state index is 0.0408. The lowest BCUT2D eigenvalue weighted by atomic mass is 9.93. The SMILES string of the molecule is NCCCC[C@H](NC(=O)CC1c2ccccc2-c2ccccc21)C(=O)O. The number of aliphatic carboxylic acids is 1. The van der Waals surface area contributed by atoms with Gasteiger partial charge >= 0.3 is 5.97 Å². The van der Waals surface area contributed by atoms with Crippen molar-refractivity contribution < 1.29 is 14.7 Å². The number of amides is 1. The summed E-state index contributed by atoms with van der Waals surface area (Å²) in [6.45, 7) is 0.524. The van der Waals surface area contributed by atoms with E-state index in [1.807, 2.05) is 36.4 Å². The number of benzene rings is 2. The van der Waals surface area contributed by atoms with E-state index in [-0.39, 0.29) is 18.2 Å². The van der Waals surface area contributed by atoms with E-state index in [2.05, 4.69) is 17.4 Å². The first-order valence-electron chi connectivity index (χ1n) is 9.02. The van der Waals surface area contributed by atoms with E-state index < -0.39 is 12.0 Å². The highest BCUT2D eigenvalue weighted by molar-refractivity contribution is 5.87. The molecule has 0 saturated heterocycles. The van der Waals surface area contributed by atoms with Crippen LogP contribution in [0.5, 0.6) is 0 Å². The van der Waals surface area contributed by atoms with Crippen molar-refractivity contribution in [2.24, 2.45) is 5.73 Å². The maximum atomic E-state index is 12.6. The van der Waals surface area contributed by atoms with Crippen LogP contribution in [0.4, 0.5) is 0 Å². The molecule has 0 aromatic heterocycles. The molecule has 26 heavy (non-hydrogen) atoms. The van der Waals surface area contributed by atoms with E-state index in [4.69, 9.17) is 5.73 Å². The predicted molar refractivity (Wildman–Crippen MR) is 101 cm³/mol. The van der Waals surface area contributed by atoms with Crippen LogP contribution in [0.3, 0.4) is 0 Å². The van der Waals surface area contributed by atoms with Crippen molar-refractivity contribution in [2.45, 2.75) is 37.6 Å². The minimum Gasteiger partial charge on any atom is -0.480 e. The summed E-state index contributed by atoms with van der Waals surface area (Å²) in [6, 6.07) is 15.3. The molecule has 4 N–H and O–H groups in total. The highest BCUT2D eigenvalue weighted by Crippen LogP contribution is 2.45. The molecule has 1 amide bonds. The minimum atomic E-state index is -0.998. The normalized spacial score (nSPS) is 13.7. The van der Waals surface area contributed by atoms with Crippen molar-refractivity contribution in [2.75, 3.05) is 6.54 Å². The van der Waals surface area contributed by atoms with Crippen molar-refractivity contribution in [1.29, 1.82) is 0 Å². The molecule has 3 rings (SSSR count). The third-order valence-electron chi connectivity index (χ3n) is 4.93. The first kappa shape index (κ1) is 18.1. The molecule has 1 aliphatic rings. The monoisotopic (exact) mass is 352 g/mol. The Bertz CT molecular complexity index is 758. The molecule has 1 aliphatic carbocycles. The Morgan fingerprint density at radius 3 is 2.12 bits per heavy atom. The van der Waals surface area contributed by atoms with Gasteiger partial charge in [0.2, 0.25) is 5.91 Å². The summed E-state index contributed by atoms with van der Waals surface area (Å²) >= 11 is 0. The summed E-state index contributed by atoms with van der Waals surface area (Å²) in [6.07, 6.45) is 2.08. The van der Waals surface area contributed by atoms with Gasteiger partial charge in [-0.15, -0.1) is 0 Å². The van der Waals surface area contributed by atoms with Gasteiger partial charge in [-0.3, -0.25) is 4.79 Å². The van der Waals surface area contributed by atoms with Crippen molar-refractivity contribution in [3.8, 4) is 11.1 Å². The second-order valence-electron chi connectivity index (χ2n) is 6.67. The fourth-order valence-corrected chi connectivity index (χ4v) is 3.67. The Kier molecular flexibility index (Phi) is 5.68. The lowest BCUT2D eigenvalue weighted by Crippen LogP contribution is -2.41. The van der Waals surface area contributed by atoms with Crippen molar-refractivity contribution in [3.63, 3.8) is 0 Å². The van der Waals surface area contributed by atoms with Gasteiger partial charge in [-0.2, -0.15) is 0 Å². The molecule has 2 aromatic rings. The van der Waals surface area contributed by atoms with Gasteiger partial charge in [0.25, 0.3) is 0 Å². The maximum Gasteiger partial charge on any atom is 0.326 e. The van der Waals surface area contributed by atoms with Crippen LogP contribution in [-0.2, 0) is 9.59 Å². The molecular formula is C21H24N2O3. The first-order chi connectivity index (χ1) is 12.6. The van der Waals surface area contributed by atoms with Gasteiger partial charge in [0.15, 0.2) is 0 Å². The van der Waals surface area contributed by atoms with Crippen LogP contribution < -0.4 is 11.1 Å². The second-order valence-corrected chi connectivity index (χ2v) is 6.67. The summed E-state index contributed by atoms with van der Waals surface area (Å²) in [7, 11) is 0. The number of hydrogen-bond donors (Lipinski definition) is 3. The number of fused-ring (bicyclic) bond motifs is 3. The molecule has 0 saturated carbocycles. The Morgan fingerprint density at radius 2 is 1.58 bits per heavy atom. The summed E-state index contributed by atoms with van der Waals surface area (Å²) in [5, 5.41) is 12.0.